The molecule has 2 unspecified atom stereocenters. The van der Waals surface area contributed by atoms with Crippen LogP contribution in [0.4, 0.5) is 0 Å². The van der Waals surface area contributed by atoms with Crippen molar-refractivity contribution < 1.29 is 4.79 Å². The van der Waals surface area contributed by atoms with Gasteiger partial charge in [-0.15, -0.1) is 0 Å². The molecule has 0 aliphatic carbocycles. The van der Waals surface area contributed by atoms with Gasteiger partial charge in [-0.2, -0.15) is 0 Å². The Bertz CT molecular complexity index is 221. The summed E-state index contributed by atoms with van der Waals surface area (Å²) >= 11 is 0. The Morgan fingerprint density at radius 3 is 1.92 bits per heavy atom. The van der Waals surface area contributed by atoms with Gasteiger partial charge in [0.25, 0.3) is 0 Å². The lowest BCUT2D eigenvalue weighted by Crippen LogP contribution is -2.22. The average molecular weight is 164 g/mol. The molecule has 12 heavy (non-hydrogen) atoms. The molecule has 2 heterocycles. The summed E-state index contributed by atoms with van der Waals surface area (Å²) in [5.74, 6) is 0.483. The number of carbonyl (C=O) groups is 1. The minimum atomic E-state index is 0.0829. The van der Waals surface area contributed by atoms with Gasteiger partial charge < -0.3 is 0 Å². The molecule has 2 rings (SSSR count). The van der Waals surface area contributed by atoms with Crippen molar-refractivity contribution in [2.45, 2.75) is 12.8 Å². The number of nitrogens with zero attached hydrogens (tertiary/aromatic N) is 2. The van der Waals surface area contributed by atoms with Crippen LogP contribution >= 0.6 is 0 Å². The SMILES string of the molecule is O=C(C1C=NCC1)C1C=NCC1. The van der Waals surface area contributed by atoms with E-state index >= 15 is 0 Å². The van der Waals surface area contributed by atoms with Crippen molar-refractivity contribution in [3.8, 4) is 0 Å². The van der Waals surface area contributed by atoms with E-state index in [1.807, 2.05) is 0 Å². The summed E-state index contributed by atoms with van der Waals surface area (Å²) in [6, 6.07) is 0. The Morgan fingerprint density at radius 2 is 1.58 bits per heavy atom. The predicted octanol–water partition coefficient (Wildman–Crippen LogP) is 0.737. The first-order chi connectivity index (χ1) is 5.88. The highest BCUT2D eigenvalue weighted by Gasteiger charge is 2.27. The zero-order valence-electron chi connectivity index (χ0n) is 6.94. The van der Waals surface area contributed by atoms with Crippen LogP contribution in [-0.4, -0.2) is 31.3 Å². The maximum absolute atomic E-state index is 11.7. The molecule has 2 aliphatic rings. The molecular weight excluding hydrogens is 152 g/mol. The van der Waals surface area contributed by atoms with Crippen LogP contribution in [0.2, 0.25) is 0 Å². The predicted molar refractivity (Wildman–Crippen MR) is 47.9 cm³/mol. The van der Waals surface area contributed by atoms with Gasteiger partial charge in [-0.3, -0.25) is 14.8 Å². The maximum atomic E-state index is 11.7. The summed E-state index contributed by atoms with van der Waals surface area (Å²) in [5.41, 5.74) is 0. The van der Waals surface area contributed by atoms with Crippen molar-refractivity contribution in [3.05, 3.63) is 0 Å². The summed E-state index contributed by atoms with van der Waals surface area (Å²) in [5, 5.41) is 0. The van der Waals surface area contributed by atoms with Gasteiger partial charge in [-0.25, -0.2) is 0 Å². The van der Waals surface area contributed by atoms with Gasteiger partial charge in [0.2, 0.25) is 0 Å². The zero-order valence-corrected chi connectivity index (χ0v) is 6.94. The summed E-state index contributed by atoms with van der Waals surface area (Å²) in [6.07, 6.45) is 5.41. The van der Waals surface area contributed by atoms with Gasteiger partial charge in [0, 0.05) is 25.5 Å². The second-order valence-corrected chi connectivity index (χ2v) is 3.30. The fourth-order valence-corrected chi connectivity index (χ4v) is 1.69. The van der Waals surface area contributed by atoms with E-state index < -0.39 is 0 Å². The Hall–Kier alpha value is -0.990. The zero-order chi connectivity index (χ0) is 8.39. The topological polar surface area (TPSA) is 41.8 Å². The largest absolute Gasteiger partial charge is 0.298 e. The molecule has 0 spiro atoms. The van der Waals surface area contributed by atoms with Gasteiger partial charge in [0.1, 0.15) is 5.78 Å². The molecule has 0 aromatic rings. The number of hydrogen-bond donors (Lipinski definition) is 0. The molecule has 0 radical (unpaired) electrons. The van der Waals surface area contributed by atoms with Crippen molar-refractivity contribution in [1.29, 1.82) is 0 Å². The van der Waals surface area contributed by atoms with E-state index in [1.165, 1.54) is 0 Å². The third-order valence-corrected chi connectivity index (χ3v) is 2.44. The molecule has 0 saturated heterocycles. The number of hydrogen-bond acceptors (Lipinski definition) is 3. The van der Waals surface area contributed by atoms with E-state index in [1.54, 1.807) is 12.4 Å². The number of Topliss-reactive ketones (excluding diaryl/α,β-unsaturated/α-hetero) is 1. The van der Waals surface area contributed by atoms with Crippen LogP contribution in [-0.2, 0) is 4.79 Å². The van der Waals surface area contributed by atoms with Gasteiger partial charge >= 0.3 is 0 Å². The summed E-state index contributed by atoms with van der Waals surface area (Å²) in [6.45, 7) is 1.64. The summed E-state index contributed by atoms with van der Waals surface area (Å²) < 4.78 is 0. The third-order valence-electron chi connectivity index (χ3n) is 2.44. The normalized spacial score (nSPS) is 33.0. The first-order valence-corrected chi connectivity index (χ1v) is 4.41. The van der Waals surface area contributed by atoms with Crippen LogP contribution in [0.3, 0.4) is 0 Å². The second-order valence-electron chi connectivity index (χ2n) is 3.30. The highest BCUT2D eigenvalue weighted by molar-refractivity contribution is 6.04. The minimum Gasteiger partial charge on any atom is -0.298 e. The second kappa shape index (κ2) is 3.17. The fraction of sp³-hybridized carbons (Fsp3) is 0.667. The van der Waals surface area contributed by atoms with Crippen molar-refractivity contribution in [2.75, 3.05) is 13.1 Å². The summed E-state index contributed by atoms with van der Waals surface area (Å²) in [7, 11) is 0. The highest BCUT2D eigenvalue weighted by atomic mass is 16.1. The molecule has 0 aromatic carbocycles. The van der Waals surface area contributed by atoms with Crippen LogP contribution in [0.15, 0.2) is 9.98 Å². The molecule has 0 amide bonds. The van der Waals surface area contributed by atoms with Crippen LogP contribution in [0, 0.1) is 11.8 Å². The lowest BCUT2D eigenvalue weighted by molar-refractivity contribution is -0.122. The Morgan fingerprint density at radius 1 is 1.08 bits per heavy atom. The number of aliphatic imine (C=N–C) groups is 2. The molecule has 0 aromatic heterocycles. The van der Waals surface area contributed by atoms with E-state index in [0.29, 0.717) is 5.78 Å². The highest BCUT2D eigenvalue weighted by Crippen LogP contribution is 2.18. The lowest BCUT2D eigenvalue weighted by atomic mass is 9.92. The van der Waals surface area contributed by atoms with Gasteiger partial charge in [0.15, 0.2) is 0 Å². The van der Waals surface area contributed by atoms with Crippen molar-refractivity contribution in [1.82, 2.24) is 0 Å². The Balaban J connectivity index is 1.99. The molecule has 2 atom stereocenters. The molecule has 0 bridgehead atoms. The monoisotopic (exact) mass is 164 g/mol. The van der Waals surface area contributed by atoms with Gasteiger partial charge in [-0.05, 0) is 12.8 Å². The standard InChI is InChI=1S/C9H12N2O/c12-9(7-1-3-10-5-7)8-2-4-11-6-8/h5-8H,1-4H2. The summed E-state index contributed by atoms with van der Waals surface area (Å²) in [4.78, 5) is 19.8. The third kappa shape index (κ3) is 1.31. The quantitative estimate of drug-likeness (QED) is 0.593. The Kier molecular flexibility index (Phi) is 2.02. The lowest BCUT2D eigenvalue weighted by Gasteiger charge is -2.08. The molecule has 0 saturated carbocycles. The number of ketones is 1. The molecule has 64 valence electrons. The molecule has 0 fully saturated rings. The van der Waals surface area contributed by atoms with Crippen LogP contribution in [0.25, 0.3) is 0 Å². The average Bonchev–Trinajstić information content (AvgIpc) is 2.77. The molecule has 3 heteroatoms. The molecule has 2 aliphatic heterocycles. The van der Waals surface area contributed by atoms with Crippen molar-refractivity contribution >= 4 is 18.2 Å². The number of carbonyl (C=O) groups excluding carboxylic acids is 1. The molecule has 3 nitrogen and oxygen atoms in total. The first-order valence-electron chi connectivity index (χ1n) is 4.41. The smallest absolute Gasteiger partial charge is 0.149 e. The number of rotatable bonds is 2. The van der Waals surface area contributed by atoms with E-state index in [-0.39, 0.29) is 11.8 Å². The van der Waals surface area contributed by atoms with Crippen LogP contribution in [0.5, 0.6) is 0 Å². The van der Waals surface area contributed by atoms with Gasteiger partial charge in [-0.1, -0.05) is 0 Å². The van der Waals surface area contributed by atoms with Crippen LogP contribution in [0.1, 0.15) is 12.8 Å². The van der Waals surface area contributed by atoms with E-state index in [4.69, 9.17) is 0 Å². The maximum Gasteiger partial charge on any atom is 0.149 e. The first kappa shape index (κ1) is 7.65. The van der Waals surface area contributed by atoms with E-state index in [0.717, 1.165) is 25.9 Å². The Labute approximate surface area is 71.6 Å². The minimum absolute atomic E-state index is 0.0829. The van der Waals surface area contributed by atoms with E-state index in [2.05, 4.69) is 9.98 Å². The fourth-order valence-electron chi connectivity index (χ4n) is 1.69. The van der Waals surface area contributed by atoms with E-state index in [9.17, 15) is 4.79 Å². The van der Waals surface area contributed by atoms with Crippen LogP contribution < -0.4 is 0 Å². The molecule has 0 N–H and O–H groups in total. The van der Waals surface area contributed by atoms with Crippen molar-refractivity contribution in [3.63, 3.8) is 0 Å². The van der Waals surface area contributed by atoms with Gasteiger partial charge in [0.05, 0.1) is 11.8 Å². The molecular formula is C9H12N2O. The van der Waals surface area contributed by atoms with Crippen molar-refractivity contribution in [2.24, 2.45) is 21.8 Å².